The summed E-state index contributed by atoms with van der Waals surface area (Å²) in [6.07, 6.45) is 2.49. The van der Waals surface area contributed by atoms with Gasteiger partial charge in [-0.25, -0.2) is 23.2 Å². The van der Waals surface area contributed by atoms with Crippen LogP contribution in [0, 0.1) is 11.6 Å². The highest BCUT2D eigenvalue weighted by Crippen LogP contribution is 2.26. The van der Waals surface area contributed by atoms with E-state index in [1.54, 1.807) is 0 Å². The van der Waals surface area contributed by atoms with Crippen LogP contribution in [0.15, 0.2) is 64.3 Å². The van der Waals surface area contributed by atoms with E-state index in [-0.39, 0.29) is 29.0 Å². The molecular weight excluding hydrogens is 426 g/mol. The topological polar surface area (TPSA) is 130 Å². The zero-order chi connectivity index (χ0) is 22.9. The predicted octanol–water partition coefficient (Wildman–Crippen LogP) is 1.69. The molecule has 3 N–H and O–H groups in total. The molecule has 0 aliphatic rings. The Morgan fingerprint density at radius 3 is 2.72 bits per heavy atom. The monoisotopic (exact) mass is 442 g/mol. The zero-order valence-corrected chi connectivity index (χ0v) is 16.3. The number of halogens is 2. The third-order valence-corrected chi connectivity index (χ3v) is 4.83. The minimum atomic E-state index is -2.05. The molecule has 0 fully saturated rings. The van der Waals surface area contributed by atoms with Crippen molar-refractivity contribution in [1.82, 2.24) is 20.1 Å². The summed E-state index contributed by atoms with van der Waals surface area (Å²) in [5.41, 5.74) is -3.57. The number of carbonyl (C=O) groups is 1. The third-order valence-electron chi connectivity index (χ3n) is 4.83. The number of nitrogens with one attached hydrogen (secondary N) is 1. The number of hydrogen-bond acceptors (Lipinski definition) is 7. The van der Waals surface area contributed by atoms with Crippen molar-refractivity contribution in [1.29, 1.82) is 0 Å². The highest BCUT2D eigenvalue weighted by Gasteiger charge is 2.34. The van der Waals surface area contributed by atoms with Crippen molar-refractivity contribution >= 4 is 16.9 Å². The van der Waals surface area contributed by atoms with Gasteiger partial charge in [-0.05, 0) is 24.3 Å². The van der Waals surface area contributed by atoms with Gasteiger partial charge in [-0.3, -0.25) is 4.79 Å². The fraction of sp³-hybridized carbons (Fsp3) is 0.143. The second kappa shape index (κ2) is 8.19. The minimum absolute atomic E-state index is 0.0858. The quantitative estimate of drug-likeness (QED) is 0.387. The van der Waals surface area contributed by atoms with E-state index in [0.29, 0.717) is 11.5 Å². The molecule has 2 aromatic carbocycles. The van der Waals surface area contributed by atoms with Crippen LogP contribution in [0.5, 0.6) is 5.75 Å². The Bertz CT molecular complexity index is 1360. The summed E-state index contributed by atoms with van der Waals surface area (Å²) in [4.78, 5) is 28.7. The highest BCUT2D eigenvalue weighted by atomic mass is 19.1. The van der Waals surface area contributed by atoms with Gasteiger partial charge in [-0.1, -0.05) is 6.07 Å². The van der Waals surface area contributed by atoms with Crippen molar-refractivity contribution in [3.63, 3.8) is 0 Å². The molecule has 0 aliphatic heterocycles. The Hall–Kier alpha value is -4.12. The summed E-state index contributed by atoms with van der Waals surface area (Å²) in [7, 11) is 0. The molecule has 2 heterocycles. The summed E-state index contributed by atoms with van der Waals surface area (Å²) in [6.45, 7) is -0.858. The van der Waals surface area contributed by atoms with E-state index >= 15 is 0 Å². The molecule has 9 nitrogen and oxygen atoms in total. The van der Waals surface area contributed by atoms with Crippen LogP contribution >= 0.6 is 0 Å². The molecule has 0 radical (unpaired) electrons. The van der Waals surface area contributed by atoms with E-state index in [9.17, 15) is 28.6 Å². The Kier molecular flexibility index (Phi) is 5.41. The number of aromatic hydroxyl groups is 1. The molecular formula is C21H16F2N4O5. The van der Waals surface area contributed by atoms with Crippen molar-refractivity contribution in [2.24, 2.45) is 0 Å². The molecule has 1 amide bonds. The number of aliphatic hydroxyl groups is 1. The number of phenols is 1. The molecule has 0 aliphatic carbocycles. The highest BCUT2D eigenvalue weighted by molar-refractivity contribution is 5.96. The van der Waals surface area contributed by atoms with E-state index in [2.05, 4.69) is 15.4 Å². The average Bonchev–Trinajstić information content (AvgIpc) is 3.24. The molecule has 0 bridgehead atoms. The Morgan fingerprint density at radius 1 is 1.19 bits per heavy atom. The van der Waals surface area contributed by atoms with Crippen LogP contribution in [-0.2, 0) is 12.1 Å². The van der Waals surface area contributed by atoms with Gasteiger partial charge in [0.1, 0.15) is 46.8 Å². The maximum Gasteiger partial charge on any atom is 0.349 e. The maximum absolute atomic E-state index is 14.4. The maximum atomic E-state index is 14.4. The summed E-state index contributed by atoms with van der Waals surface area (Å²) in [5.74, 6) is -2.85. The van der Waals surface area contributed by atoms with E-state index < -0.39 is 35.3 Å². The fourth-order valence-corrected chi connectivity index (χ4v) is 3.27. The number of rotatable bonds is 6. The molecule has 32 heavy (non-hydrogen) atoms. The number of fused-ring (bicyclic) bond motifs is 1. The molecule has 164 valence electrons. The van der Waals surface area contributed by atoms with Crippen molar-refractivity contribution in [3.8, 4) is 5.75 Å². The summed E-state index contributed by atoms with van der Waals surface area (Å²) >= 11 is 0. The van der Waals surface area contributed by atoms with Crippen LogP contribution in [-0.4, -0.2) is 37.4 Å². The van der Waals surface area contributed by atoms with Crippen LogP contribution in [0.3, 0.4) is 0 Å². The van der Waals surface area contributed by atoms with E-state index in [0.717, 1.165) is 12.1 Å². The predicted molar refractivity (Wildman–Crippen MR) is 107 cm³/mol. The average molecular weight is 442 g/mol. The number of carbonyl (C=O) groups excluding carboxylic acids is 1. The summed E-state index contributed by atoms with van der Waals surface area (Å²) < 4.78 is 34.1. The summed E-state index contributed by atoms with van der Waals surface area (Å²) in [5, 5.41) is 27.3. The molecule has 1 unspecified atom stereocenters. The molecule has 4 rings (SSSR count). The molecule has 0 saturated carbocycles. The number of nitrogens with zero attached hydrogens (tertiary/aromatic N) is 3. The number of amides is 1. The smallest absolute Gasteiger partial charge is 0.349 e. The minimum Gasteiger partial charge on any atom is -0.508 e. The van der Waals surface area contributed by atoms with E-state index in [4.69, 9.17) is 4.42 Å². The first-order chi connectivity index (χ1) is 15.2. The number of benzene rings is 2. The molecule has 0 spiro atoms. The fourth-order valence-electron chi connectivity index (χ4n) is 3.27. The van der Waals surface area contributed by atoms with Crippen LogP contribution < -0.4 is 10.9 Å². The second-order valence-electron chi connectivity index (χ2n) is 7.10. The standard InChI is InChI=1S/C21H16F2N4O5/c22-13-2-4-16(17(23)6-13)21(31,9-27-11-24-10-26-27)8-25-19(29)15-5-12-1-3-14(28)7-18(12)32-20(15)30/h1-7,10-11,28,31H,8-9H2,(H,25,29). The Morgan fingerprint density at radius 2 is 2.00 bits per heavy atom. The molecule has 1 atom stereocenters. The number of aromatic nitrogens is 3. The van der Waals surface area contributed by atoms with Gasteiger partial charge < -0.3 is 19.9 Å². The van der Waals surface area contributed by atoms with Crippen LogP contribution in [0.2, 0.25) is 0 Å². The van der Waals surface area contributed by atoms with E-state index in [1.165, 1.54) is 41.6 Å². The second-order valence-corrected chi connectivity index (χ2v) is 7.10. The van der Waals surface area contributed by atoms with Gasteiger partial charge in [0.2, 0.25) is 0 Å². The lowest BCUT2D eigenvalue weighted by molar-refractivity contribution is 0.0120. The lowest BCUT2D eigenvalue weighted by Gasteiger charge is -2.29. The summed E-state index contributed by atoms with van der Waals surface area (Å²) in [6, 6.07) is 7.95. The van der Waals surface area contributed by atoms with Gasteiger partial charge in [0.15, 0.2) is 0 Å². The van der Waals surface area contributed by atoms with Crippen molar-refractivity contribution in [2.45, 2.75) is 12.1 Å². The van der Waals surface area contributed by atoms with Crippen LogP contribution in [0.25, 0.3) is 11.0 Å². The lowest BCUT2D eigenvalue weighted by Crippen LogP contribution is -2.45. The first-order valence-corrected chi connectivity index (χ1v) is 9.30. The van der Waals surface area contributed by atoms with Gasteiger partial charge in [0.05, 0.1) is 13.1 Å². The first-order valence-electron chi connectivity index (χ1n) is 9.30. The van der Waals surface area contributed by atoms with Crippen LogP contribution in [0.1, 0.15) is 15.9 Å². The Labute approximate surface area is 178 Å². The largest absolute Gasteiger partial charge is 0.508 e. The number of hydrogen-bond donors (Lipinski definition) is 3. The molecule has 4 aromatic rings. The first kappa shape index (κ1) is 21.1. The molecule has 0 saturated heterocycles. The van der Waals surface area contributed by atoms with Crippen LogP contribution in [0.4, 0.5) is 8.78 Å². The van der Waals surface area contributed by atoms with Crippen molar-refractivity contribution in [3.05, 3.63) is 88.3 Å². The van der Waals surface area contributed by atoms with Gasteiger partial charge in [-0.2, -0.15) is 5.10 Å². The Balaban J connectivity index is 1.64. The number of phenolic OH excluding ortho intramolecular Hbond substituents is 1. The van der Waals surface area contributed by atoms with Crippen molar-refractivity contribution < 1.29 is 28.2 Å². The molecule has 2 aromatic heterocycles. The molecule has 11 heteroatoms. The third kappa shape index (κ3) is 4.18. The SMILES string of the molecule is O=C(NCC(O)(Cn1cncn1)c1ccc(F)cc1F)c1cc2ccc(O)cc2oc1=O. The van der Waals surface area contributed by atoms with Crippen molar-refractivity contribution in [2.75, 3.05) is 6.54 Å². The lowest BCUT2D eigenvalue weighted by atomic mass is 9.92. The van der Waals surface area contributed by atoms with Gasteiger partial charge in [-0.15, -0.1) is 0 Å². The normalized spacial score (nSPS) is 13.1. The van der Waals surface area contributed by atoms with Gasteiger partial charge in [0.25, 0.3) is 5.91 Å². The van der Waals surface area contributed by atoms with Gasteiger partial charge in [0, 0.05) is 23.1 Å². The van der Waals surface area contributed by atoms with E-state index in [1.807, 2.05) is 0 Å². The zero-order valence-electron chi connectivity index (χ0n) is 16.3. The van der Waals surface area contributed by atoms with Gasteiger partial charge >= 0.3 is 5.63 Å².